The van der Waals surface area contributed by atoms with Crippen LogP contribution in [0.4, 0.5) is 16.2 Å². The Morgan fingerprint density at radius 3 is 2.41 bits per heavy atom. The van der Waals surface area contributed by atoms with Gasteiger partial charge in [-0.05, 0) is 92.4 Å². The molecular formula is C27H31N3O2. The molecule has 1 aliphatic rings. The molecule has 0 radical (unpaired) electrons. The number of para-hydroxylation sites is 1. The van der Waals surface area contributed by atoms with Crippen molar-refractivity contribution in [3.8, 4) is 5.75 Å². The van der Waals surface area contributed by atoms with Crippen molar-refractivity contribution in [3.63, 3.8) is 0 Å². The average Bonchev–Trinajstić information content (AvgIpc) is 2.79. The van der Waals surface area contributed by atoms with Gasteiger partial charge in [0.05, 0.1) is 0 Å². The van der Waals surface area contributed by atoms with E-state index in [0.717, 1.165) is 42.1 Å². The summed E-state index contributed by atoms with van der Waals surface area (Å²) in [6, 6.07) is 23.5. The van der Waals surface area contributed by atoms with Crippen LogP contribution >= 0.6 is 0 Å². The van der Waals surface area contributed by atoms with Crippen molar-refractivity contribution in [2.75, 3.05) is 31.3 Å². The molecule has 2 amide bonds. The Labute approximate surface area is 190 Å². The average molecular weight is 430 g/mol. The fourth-order valence-electron chi connectivity index (χ4n) is 4.24. The Bertz CT molecular complexity index is 1030. The minimum absolute atomic E-state index is 0.237. The number of urea groups is 1. The molecule has 3 aromatic rings. The first-order valence-electron chi connectivity index (χ1n) is 11.2. The predicted octanol–water partition coefficient (Wildman–Crippen LogP) is 5.58. The van der Waals surface area contributed by atoms with Crippen LogP contribution in [-0.4, -0.2) is 31.6 Å². The maximum Gasteiger partial charge on any atom is 0.323 e. The Morgan fingerprint density at radius 1 is 0.938 bits per heavy atom. The predicted molar refractivity (Wildman–Crippen MR) is 130 cm³/mol. The summed E-state index contributed by atoms with van der Waals surface area (Å²) in [5.41, 5.74) is 5.38. The van der Waals surface area contributed by atoms with E-state index in [1.165, 1.54) is 17.5 Å². The summed E-state index contributed by atoms with van der Waals surface area (Å²) < 4.78 is 5.76. The van der Waals surface area contributed by atoms with Crippen molar-refractivity contribution in [2.45, 2.75) is 25.9 Å². The van der Waals surface area contributed by atoms with Crippen molar-refractivity contribution in [1.82, 2.24) is 4.90 Å². The maximum absolute atomic E-state index is 12.5. The van der Waals surface area contributed by atoms with Gasteiger partial charge in [0, 0.05) is 17.9 Å². The number of fused-ring (bicyclic) bond motifs is 1. The molecule has 0 aromatic heterocycles. The summed E-state index contributed by atoms with van der Waals surface area (Å²) in [5, 5.41) is 5.87. The quantitative estimate of drug-likeness (QED) is 0.516. The Balaban J connectivity index is 1.28. The van der Waals surface area contributed by atoms with Gasteiger partial charge in [0.25, 0.3) is 0 Å². The summed E-state index contributed by atoms with van der Waals surface area (Å²) >= 11 is 0. The van der Waals surface area contributed by atoms with Gasteiger partial charge in [-0.1, -0.05) is 36.4 Å². The van der Waals surface area contributed by atoms with Gasteiger partial charge in [0.15, 0.2) is 0 Å². The number of nitrogens with zero attached hydrogens (tertiary/aromatic N) is 1. The van der Waals surface area contributed by atoms with Gasteiger partial charge in [-0.15, -0.1) is 0 Å². The number of aryl methyl sites for hydroxylation is 1. The third-order valence-corrected chi connectivity index (χ3v) is 5.78. The van der Waals surface area contributed by atoms with Crippen LogP contribution in [0.15, 0.2) is 72.8 Å². The molecule has 3 aromatic carbocycles. The van der Waals surface area contributed by atoms with Crippen LogP contribution < -0.4 is 15.4 Å². The van der Waals surface area contributed by atoms with Gasteiger partial charge in [-0.25, -0.2) is 4.79 Å². The molecule has 0 fully saturated rings. The molecule has 5 nitrogen and oxygen atoms in total. The second-order valence-electron chi connectivity index (χ2n) is 8.73. The Morgan fingerprint density at radius 2 is 1.66 bits per heavy atom. The molecule has 1 aliphatic carbocycles. The standard InChI is InChI=1S/C27H31N3O2/c1-30(2)18-21-8-11-23-17-25(15-12-22(23)16-21)29-27(31)28-24-13-9-20(10-14-24)19-32-26-6-4-3-5-7-26/h3-7,9-10,12-15,17,21H,8,11,16,18-19H2,1-2H3,(H2,28,29,31). The third-order valence-electron chi connectivity index (χ3n) is 5.78. The topological polar surface area (TPSA) is 53.6 Å². The molecular weight excluding hydrogens is 398 g/mol. The highest BCUT2D eigenvalue weighted by Gasteiger charge is 2.19. The number of rotatable bonds is 7. The van der Waals surface area contributed by atoms with Crippen LogP contribution in [0.25, 0.3) is 0 Å². The van der Waals surface area contributed by atoms with Gasteiger partial charge >= 0.3 is 6.03 Å². The zero-order valence-corrected chi connectivity index (χ0v) is 18.8. The third kappa shape index (κ3) is 6.11. The van der Waals surface area contributed by atoms with E-state index in [2.05, 4.69) is 41.8 Å². The minimum Gasteiger partial charge on any atom is -0.489 e. The molecule has 0 saturated heterocycles. The van der Waals surface area contributed by atoms with Crippen LogP contribution in [0.3, 0.4) is 0 Å². The van der Waals surface area contributed by atoms with E-state index in [1.54, 1.807) is 0 Å². The van der Waals surface area contributed by atoms with Crippen molar-refractivity contribution >= 4 is 17.4 Å². The molecule has 32 heavy (non-hydrogen) atoms. The summed E-state index contributed by atoms with van der Waals surface area (Å²) in [6.45, 7) is 1.61. The lowest BCUT2D eigenvalue weighted by Gasteiger charge is -2.27. The van der Waals surface area contributed by atoms with Gasteiger partial charge < -0.3 is 20.3 Å². The van der Waals surface area contributed by atoms with Crippen LogP contribution in [-0.2, 0) is 19.4 Å². The van der Waals surface area contributed by atoms with Crippen LogP contribution in [0.5, 0.6) is 5.75 Å². The number of carbonyl (C=O) groups is 1. The number of anilines is 2. The fourth-order valence-corrected chi connectivity index (χ4v) is 4.24. The van der Waals surface area contributed by atoms with E-state index in [4.69, 9.17) is 4.74 Å². The van der Waals surface area contributed by atoms with Crippen molar-refractivity contribution in [3.05, 3.63) is 89.5 Å². The Hall–Kier alpha value is -3.31. The molecule has 4 rings (SSSR count). The number of hydrogen-bond donors (Lipinski definition) is 2. The van der Waals surface area contributed by atoms with Crippen LogP contribution in [0, 0.1) is 5.92 Å². The zero-order chi connectivity index (χ0) is 22.3. The minimum atomic E-state index is -0.237. The second kappa shape index (κ2) is 10.3. The van der Waals surface area contributed by atoms with Gasteiger partial charge in [-0.2, -0.15) is 0 Å². The molecule has 1 atom stereocenters. The first-order chi connectivity index (χ1) is 15.5. The maximum atomic E-state index is 12.5. The SMILES string of the molecule is CN(C)CC1CCc2cc(NC(=O)Nc3ccc(COc4ccccc4)cc3)ccc2C1. The molecule has 2 N–H and O–H groups in total. The fraction of sp³-hybridized carbons (Fsp3) is 0.296. The molecule has 166 valence electrons. The van der Waals surface area contributed by atoms with Gasteiger partial charge in [0.1, 0.15) is 12.4 Å². The van der Waals surface area contributed by atoms with E-state index in [1.807, 2.05) is 60.7 Å². The lowest BCUT2D eigenvalue weighted by Crippen LogP contribution is -2.26. The van der Waals surface area contributed by atoms with E-state index in [9.17, 15) is 4.79 Å². The normalized spacial score (nSPS) is 15.2. The van der Waals surface area contributed by atoms with Crippen molar-refractivity contribution in [1.29, 1.82) is 0 Å². The van der Waals surface area contributed by atoms with E-state index >= 15 is 0 Å². The molecule has 0 bridgehead atoms. The molecule has 0 aliphatic heterocycles. The highest BCUT2D eigenvalue weighted by atomic mass is 16.5. The molecule has 5 heteroatoms. The molecule has 0 saturated carbocycles. The van der Waals surface area contributed by atoms with E-state index in [-0.39, 0.29) is 6.03 Å². The van der Waals surface area contributed by atoms with E-state index < -0.39 is 0 Å². The zero-order valence-electron chi connectivity index (χ0n) is 18.8. The lowest BCUT2D eigenvalue weighted by atomic mass is 9.83. The summed E-state index contributed by atoms with van der Waals surface area (Å²) in [6.07, 6.45) is 3.37. The molecule has 1 unspecified atom stereocenters. The van der Waals surface area contributed by atoms with Gasteiger partial charge in [-0.3, -0.25) is 0 Å². The second-order valence-corrected chi connectivity index (χ2v) is 8.73. The smallest absolute Gasteiger partial charge is 0.323 e. The van der Waals surface area contributed by atoms with E-state index in [0.29, 0.717) is 12.5 Å². The van der Waals surface area contributed by atoms with Gasteiger partial charge in [0.2, 0.25) is 0 Å². The number of amides is 2. The number of nitrogens with one attached hydrogen (secondary N) is 2. The Kier molecular flexibility index (Phi) is 7.07. The number of hydrogen-bond acceptors (Lipinski definition) is 3. The molecule has 0 spiro atoms. The number of benzene rings is 3. The molecule has 0 heterocycles. The summed E-state index contributed by atoms with van der Waals surface area (Å²) in [5.74, 6) is 1.55. The number of ether oxygens (including phenoxy) is 1. The lowest BCUT2D eigenvalue weighted by molar-refractivity contribution is 0.262. The van der Waals surface area contributed by atoms with Crippen LogP contribution in [0.2, 0.25) is 0 Å². The highest BCUT2D eigenvalue weighted by Crippen LogP contribution is 2.28. The van der Waals surface area contributed by atoms with Crippen molar-refractivity contribution < 1.29 is 9.53 Å². The van der Waals surface area contributed by atoms with Crippen LogP contribution in [0.1, 0.15) is 23.1 Å². The van der Waals surface area contributed by atoms with Crippen molar-refractivity contribution in [2.24, 2.45) is 5.92 Å². The highest BCUT2D eigenvalue weighted by molar-refractivity contribution is 5.99. The summed E-state index contributed by atoms with van der Waals surface area (Å²) in [7, 11) is 4.26. The number of carbonyl (C=O) groups excluding carboxylic acids is 1. The first-order valence-corrected chi connectivity index (χ1v) is 11.2. The monoisotopic (exact) mass is 429 g/mol. The largest absolute Gasteiger partial charge is 0.489 e. The first kappa shape index (κ1) is 21.9. The summed E-state index contributed by atoms with van der Waals surface area (Å²) in [4.78, 5) is 14.7.